The van der Waals surface area contributed by atoms with E-state index < -0.39 is 11.8 Å². The Kier molecular flexibility index (Phi) is 5.50. The van der Waals surface area contributed by atoms with Crippen LogP contribution in [-0.4, -0.2) is 42.8 Å². The van der Waals surface area contributed by atoms with Crippen LogP contribution in [0.2, 0.25) is 0 Å². The second-order valence-electron chi connectivity index (χ2n) is 4.31. The molecule has 0 aliphatic carbocycles. The van der Waals surface area contributed by atoms with E-state index >= 15 is 0 Å². The molecule has 0 radical (unpaired) electrons. The minimum Gasteiger partial charge on any atom is -0.497 e. The molecule has 0 saturated carbocycles. The van der Waals surface area contributed by atoms with Crippen molar-refractivity contribution < 1.29 is 24.3 Å². The van der Waals surface area contributed by atoms with Crippen molar-refractivity contribution in [1.29, 1.82) is 0 Å². The summed E-state index contributed by atoms with van der Waals surface area (Å²) in [6.07, 6.45) is 1.41. The molecule has 2 aromatic rings. The van der Waals surface area contributed by atoms with Gasteiger partial charge in [0.1, 0.15) is 21.4 Å². The van der Waals surface area contributed by atoms with Crippen LogP contribution in [0.15, 0.2) is 24.4 Å². The zero-order chi connectivity index (χ0) is 16.8. The molecule has 0 atom stereocenters. The molecule has 0 aliphatic heterocycles. The number of hydrogen-bond acceptors (Lipinski definition) is 7. The van der Waals surface area contributed by atoms with Gasteiger partial charge in [-0.05, 0) is 12.1 Å². The molecule has 1 aromatic heterocycles. The van der Waals surface area contributed by atoms with Gasteiger partial charge in [-0.2, -0.15) is 0 Å². The highest BCUT2D eigenvalue weighted by atomic mass is 32.1. The number of rotatable bonds is 6. The van der Waals surface area contributed by atoms with E-state index in [1.54, 1.807) is 25.3 Å². The van der Waals surface area contributed by atoms with Crippen LogP contribution in [0.5, 0.6) is 11.5 Å². The fourth-order valence-corrected chi connectivity index (χ4v) is 2.63. The van der Waals surface area contributed by atoms with Gasteiger partial charge in [0.05, 0.1) is 32.5 Å². The van der Waals surface area contributed by atoms with E-state index in [2.05, 4.69) is 10.3 Å². The summed E-state index contributed by atoms with van der Waals surface area (Å²) < 4.78 is 10.4. The zero-order valence-corrected chi connectivity index (χ0v) is 13.3. The lowest BCUT2D eigenvalue weighted by atomic mass is 10.2. The molecule has 8 nitrogen and oxygen atoms in total. The SMILES string of the molecule is COc1ccc(-c2ncc(C(=O)NCC(=O)NO)s2)c(OC)c1. The first-order valence-corrected chi connectivity index (χ1v) is 7.30. The number of nitrogens with one attached hydrogen (secondary N) is 2. The van der Waals surface area contributed by atoms with Crippen molar-refractivity contribution in [3.63, 3.8) is 0 Å². The summed E-state index contributed by atoms with van der Waals surface area (Å²) in [4.78, 5) is 27.4. The van der Waals surface area contributed by atoms with Crippen LogP contribution in [-0.2, 0) is 4.79 Å². The summed E-state index contributed by atoms with van der Waals surface area (Å²) in [5, 5.41) is 11.4. The van der Waals surface area contributed by atoms with Crippen molar-refractivity contribution in [2.45, 2.75) is 0 Å². The van der Waals surface area contributed by atoms with Crippen molar-refractivity contribution in [1.82, 2.24) is 15.8 Å². The first kappa shape index (κ1) is 16.7. The summed E-state index contributed by atoms with van der Waals surface area (Å²) in [7, 11) is 3.09. The highest BCUT2D eigenvalue weighted by molar-refractivity contribution is 7.16. The van der Waals surface area contributed by atoms with Gasteiger partial charge in [-0.3, -0.25) is 14.8 Å². The molecule has 0 fully saturated rings. The fourth-order valence-electron chi connectivity index (χ4n) is 1.77. The fraction of sp³-hybridized carbons (Fsp3) is 0.214. The number of benzene rings is 1. The van der Waals surface area contributed by atoms with E-state index in [1.807, 2.05) is 0 Å². The highest BCUT2D eigenvalue weighted by Crippen LogP contribution is 2.35. The van der Waals surface area contributed by atoms with Crippen molar-refractivity contribution in [2.75, 3.05) is 20.8 Å². The van der Waals surface area contributed by atoms with Gasteiger partial charge in [0, 0.05) is 6.07 Å². The Labute approximate surface area is 136 Å². The number of hydrogen-bond donors (Lipinski definition) is 3. The molecule has 122 valence electrons. The summed E-state index contributed by atoms with van der Waals surface area (Å²) in [6, 6.07) is 5.28. The molecule has 1 heterocycles. The van der Waals surface area contributed by atoms with Gasteiger partial charge in [-0.25, -0.2) is 10.5 Å². The van der Waals surface area contributed by atoms with Crippen LogP contribution in [0.3, 0.4) is 0 Å². The number of hydroxylamine groups is 1. The molecule has 2 amide bonds. The van der Waals surface area contributed by atoms with Crippen LogP contribution in [0, 0.1) is 0 Å². The van der Waals surface area contributed by atoms with E-state index in [9.17, 15) is 9.59 Å². The normalized spacial score (nSPS) is 10.0. The predicted octanol–water partition coefficient (Wildman–Crippen LogP) is 1.06. The zero-order valence-electron chi connectivity index (χ0n) is 12.5. The topological polar surface area (TPSA) is 110 Å². The average molecular weight is 337 g/mol. The van der Waals surface area contributed by atoms with Gasteiger partial charge >= 0.3 is 0 Å². The monoisotopic (exact) mass is 337 g/mol. The first-order valence-electron chi connectivity index (χ1n) is 6.48. The molecule has 0 unspecified atom stereocenters. The summed E-state index contributed by atoms with van der Waals surface area (Å²) in [5.74, 6) is 0.0604. The van der Waals surface area contributed by atoms with Crippen molar-refractivity contribution in [2.24, 2.45) is 0 Å². The molecule has 0 spiro atoms. The van der Waals surface area contributed by atoms with Gasteiger partial charge in [0.15, 0.2) is 0 Å². The number of thiazole rings is 1. The van der Waals surface area contributed by atoms with Gasteiger partial charge in [0.25, 0.3) is 11.8 Å². The van der Waals surface area contributed by atoms with Gasteiger partial charge in [0.2, 0.25) is 0 Å². The van der Waals surface area contributed by atoms with E-state index in [1.165, 1.54) is 18.8 Å². The Hall–Kier alpha value is -2.65. The summed E-state index contributed by atoms with van der Waals surface area (Å²) in [5.41, 5.74) is 2.16. The maximum atomic E-state index is 11.9. The third-order valence-corrected chi connectivity index (χ3v) is 3.93. The molecule has 0 aliphatic rings. The molecule has 3 N–H and O–H groups in total. The number of amides is 2. The number of ether oxygens (including phenoxy) is 2. The first-order chi connectivity index (χ1) is 11.1. The third kappa shape index (κ3) is 3.96. The lowest BCUT2D eigenvalue weighted by Crippen LogP contribution is -2.35. The van der Waals surface area contributed by atoms with E-state index in [-0.39, 0.29) is 6.54 Å². The Morgan fingerprint density at radius 3 is 2.74 bits per heavy atom. The molecule has 0 saturated heterocycles. The van der Waals surface area contributed by atoms with Gasteiger partial charge < -0.3 is 14.8 Å². The number of methoxy groups -OCH3 is 2. The number of carbonyl (C=O) groups is 2. The minimum absolute atomic E-state index is 0.325. The maximum Gasteiger partial charge on any atom is 0.263 e. The molecule has 1 aromatic carbocycles. The largest absolute Gasteiger partial charge is 0.497 e. The molecular formula is C14H15N3O5S. The smallest absolute Gasteiger partial charge is 0.263 e. The number of carbonyl (C=O) groups excluding carboxylic acids is 2. The molecular weight excluding hydrogens is 322 g/mol. The highest BCUT2D eigenvalue weighted by Gasteiger charge is 2.15. The number of aromatic nitrogens is 1. The minimum atomic E-state index is -0.708. The third-order valence-electron chi connectivity index (χ3n) is 2.90. The summed E-state index contributed by atoms with van der Waals surface area (Å²) in [6.45, 7) is -0.325. The van der Waals surface area contributed by atoms with Crippen LogP contribution < -0.4 is 20.3 Å². The Morgan fingerprint density at radius 2 is 2.09 bits per heavy atom. The Bertz CT molecular complexity index is 716. The van der Waals surface area contributed by atoms with Gasteiger partial charge in [-0.1, -0.05) is 0 Å². The van der Waals surface area contributed by atoms with Crippen LogP contribution in [0.25, 0.3) is 10.6 Å². The van der Waals surface area contributed by atoms with E-state index in [0.29, 0.717) is 21.4 Å². The number of nitrogens with zero attached hydrogens (tertiary/aromatic N) is 1. The average Bonchev–Trinajstić information content (AvgIpc) is 3.08. The van der Waals surface area contributed by atoms with Crippen LogP contribution in [0.1, 0.15) is 9.67 Å². The molecule has 0 bridgehead atoms. The lowest BCUT2D eigenvalue weighted by Gasteiger charge is -2.08. The van der Waals surface area contributed by atoms with Crippen molar-refractivity contribution in [3.8, 4) is 22.1 Å². The van der Waals surface area contributed by atoms with Crippen LogP contribution in [0.4, 0.5) is 0 Å². The van der Waals surface area contributed by atoms with E-state index in [0.717, 1.165) is 16.9 Å². The standard InChI is InChI=1S/C14H15N3O5S/c1-21-8-3-4-9(10(5-8)22-2)14-16-6-11(23-14)13(19)15-7-12(18)17-20/h3-6,20H,7H2,1-2H3,(H,15,19)(H,17,18). The van der Waals surface area contributed by atoms with E-state index in [4.69, 9.17) is 14.7 Å². The lowest BCUT2D eigenvalue weighted by molar-refractivity contribution is -0.128. The maximum absolute atomic E-state index is 11.9. The van der Waals surface area contributed by atoms with Crippen molar-refractivity contribution in [3.05, 3.63) is 29.3 Å². The second kappa shape index (κ2) is 7.56. The Balaban J connectivity index is 2.19. The summed E-state index contributed by atoms with van der Waals surface area (Å²) >= 11 is 1.16. The second-order valence-corrected chi connectivity index (χ2v) is 5.34. The van der Waals surface area contributed by atoms with Crippen molar-refractivity contribution >= 4 is 23.2 Å². The quantitative estimate of drug-likeness (QED) is 0.537. The molecule has 23 heavy (non-hydrogen) atoms. The van der Waals surface area contributed by atoms with Gasteiger partial charge in [-0.15, -0.1) is 11.3 Å². The predicted molar refractivity (Wildman–Crippen MR) is 82.9 cm³/mol. The molecule has 2 rings (SSSR count). The Morgan fingerprint density at radius 1 is 1.30 bits per heavy atom. The molecule has 9 heteroatoms. The van der Waals surface area contributed by atoms with Crippen LogP contribution >= 0.6 is 11.3 Å².